The van der Waals surface area contributed by atoms with Gasteiger partial charge < -0.3 is 24.3 Å². The first-order chi connectivity index (χ1) is 14.4. The van der Waals surface area contributed by atoms with Crippen LogP contribution in [0.15, 0.2) is 17.5 Å². The molecule has 0 radical (unpaired) electrons. The van der Waals surface area contributed by atoms with Crippen molar-refractivity contribution in [3.05, 3.63) is 28.8 Å². The molecule has 1 aromatic carbocycles. The molecule has 8 nitrogen and oxygen atoms in total. The second-order valence-corrected chi connectivity index (χ2v) is 8.17. The molecular formula is C21H29N3O5S. The van der Waals surface area contributed by atoms with Gasteiger partial charge in [-0.25, -0.2) is 4.98 Å². The maximum atomic E-state index is 12.6. The van der Waals surface area contributed by atoms with Crippen LogP contribution in [0.1, 0.15) is 25.1 Å². The van der Waals surface area contributed by atoms with Crippen LogP contribution in [0.3, 0.4) is 0 Å². The molecule has 0 saturated carbocycles. The van der Waals surface area contributed by atoms with Gasteiger partial charge in [0.1, 0.15) is 0 Å². The Morgan fingerprint density at radius 2 is 1.87 bits per heavy atom. The molecule has 164 valence electrons. The van der Waals surface area contributed by atoms with Crippen LogP contribution in [0.4, 0.5) is 5.13 Å². The maximum Gasteiger partial charge on any atom is 0.230 e. The number of amides is 1. The molecule has 0 spiro atoms. The van der Waals surface area contributed by atoms with Crippen molar-refractivity contribution < 1.29 is 23.7 Å². The van der Waals surface area contributed by atoms with Gasteiger partial charge in [-0.1, -0.05) is 6.07 Å². The van der Waals surface area contributed by atoms with Crippen LogP contribution in [-0.4, -0.2) is 62.4 Å². The van der Waals surface area contributed by atoms with E-state index < -0.39 is 0 Å². The number of carbonyl (C=O) groups is 1. The average Bonchev–Trinajstić information content (AvgIpc) is 3.12. The topological polar surface area (TPSA) is 82.2 Å². The number of hydrogen-bond acceptors (Lipinski definition) is 8. The summed E-state index contributed by atoms with van der Waals surface area (Å²) in [4.78, 5) is 19.5. The summed E-state index contributed by atoms with van der Waals surface area (Å²) in [6, 6.07) is 3.56. The number of benzene rings is 1. The number of hydrogen-bond donors (Lipinski definition) is 1. The highest BCUT2D eigenvalue weighted by molar-refractivity contribution is 7.13. The van der Waals surface area contributed by atoms with Gasteiger partial charge >= 0.3 is 0 Å². The Kier molecular flexibility index (Phi) is 7.52. The van der Waals surface area contributed by atoms with E-state index in [1.807, 2.05) is 5.38 Å². The van der Waals surface area contributed by atoms with Gasteiger partial charge in [0.25, 0.3) is 0 Å². The predicted molar refractivity (Wildman–Crippen MR) is 116 cm³/mol. The summed E-state index contributed by atoms with van der Waals surface area (Å²) >= 11 is 1.43. The summed E-state index contributed by atoms with van der Waals surface area (Å²) < 4.78 is 21.9. The van der Waals surface area contributed by atoms with Gasteiger partial charge in [0.2, 0.25) is 11.7 Å². The van der Waals surface area contributed by atoms with Crippen LogP contribution in [0.5, 0.6) is 17.2 Å². The zero-order chi connectivity index (χ0) is 21.7. The van der Waals surface area contributed by atoms with Crippen LogP contribution in [-0.2, 0) is 22.5 Å². The smallest absolute Gasteiger partial charge is 0.230 e. The molecule has 1 aliphatic rings. The molecule has 2 heterocycles. The molecule has 1 amide bonds. The zero-order valence-corrected chi connectivity index (χ0v) is 18.9. The van der Waals surface area contributed by atoms with Gasteiger partial charge in [0.15, 0.2) is 16.6 Å². The molecule has 2 unspecified atom stereocenters. The summed E-state index contributed by atoms with van der Waals surface area (Å²) in [5, 5.41) is 5.45. The van der Waals surface area contributed by atoms with E-state index in [4.69, 9.17) is 18.9 Å². The Balaban J connectivity index is 1.62. The van der Waals surface area contributed by atoms with Crippen molar-refractivity contribution in [2.75, 3.05) is 39.7 Å². The highest BCUT2D eigenvalue weighted by Crippen LogP contribution is 2.40. The lowest BCUT2D eigenvalue weighted by Crippen LogP contribution is -2.44. The Bertz CT molecular complexity index is 862. The largest absolute Gasteiger partial charge is 0.493 e. The minimum absolute atomic E-state index is 0.136. The summed E-state index contributed by atoms with van der Waals surface area (Å²) in [7, 11) is 4.64. The molecule has 1 N–H and O–H groups in total. The lowest BCUT2D eigenvalue weighted by molar-refractivity contribution is -0.115. The third kappa shape index (κ3) is 5.41. The van der Waals surface area contributed by atoms with Gasteiger partial charge in [-0.05, 0) is 19.9 Å². The van der Waals surface area contributed by atoms with Crippen LogP contribution in [0.2, 0.25) is 0 Å². The van der Waals surface area contributed by atoms with E-state index in [9.17, 15) is 4.79 Å². The fourth-order valence-corrected chi connectivity index (χ4v) is 4.44. The van der Waals surface area contributed by atoms with Gasteiger partial charge in [0, 0.05) is 30.6 Å². The van der Waals surface area contributed by atoms with E-state index in [1.54, 1.807) is 26.4 Å². The zero-order valence-electron chi connectivity index (χ0n) is 18.1. The molecule has 0 bridgehead atoms. The van der Waals surface area contributed by atoms with Crippen molar-refractivity contribution in [1.82, 2.24) is 9.88 Å². The number of nitrogens with zero attached hydrogens (tertiary/aromatic N) is 2. The molecule has 9 heteroatoms. The minimum Gasteiger partial charge on any atom is -0.493 e. The third-order valence-corrected chi connectivity index (χ3v) is 5.62. The summed E-state index contributed by atoms with van der Waals surface area (Å²) in [5.74, 6) is 1.34. The molecule has 1 aliphatic heterocycles. The maximum absolute atomic E-state index is 12.6. The van der Waals surface area contributed by atoms with Crippen LogP contribution < -0.4 is 19.5 Å². The van der Waals surface area contributed by atoms with Crippen molar-refractivity contribution in [1.29, 1.82) is 0 Å². The Labute approximate surface area is 181 Å². The Hall–Kier alpha value is -2.36. The number of ether oxygens (including phenoxy) is 4. The standard InChI is InChI=1S/C21H29N3O5S/c1-13-9-24(10-14(2)29-13)11-16-12-30-21(22-16)23-18(25)8-15-6-7-17(26-3)20(28-5)19(15)27-4/h6-7,12-14H,8-11H2,1-5H3,(H,22,23,25). The van der Waals surface area contributed by atoms with Crippen LogP contribution >= 0.6 is 11.3 Å². The number of rotatable bonds is 8. The lowest BCUT2D eigenvalue weighted by atomic mass is 10.1. The van der Waals surface area contributed by atoms with E-state index in [-0.39, 0.29) is 24.5 Å². The van der Waals surface area contributed by atoms with Gasteiger partial charge in [0.05, 0.1) is 45.7 Å². The molecule has 3 rings (SSSR count). The monoisotopic (exact) mass is 435 g/mol. The highest BCUT2D eigenvalue weighted by Gasteiger charge is 2.23. The Morgan fingerprint density at radius 3 is 2.50 bits per heavy atom. The van der Waals surface area contributed by atoms with Crippen LogP contribution in [0, 0.1) is 0 Å². The second-order valence-electron chi connectivity index (χ2n) is 7.31. The number of thiazole rings is 1. The quantitative estimate of drug-likeness (QED) is 0.683. The van der Waals surface area contributed by atoms with E-state index in [2.05, 4.69) is 29.0 Å². The first-order valence-electron chi connectivity index (χ1n) is 9.83. The van der Waals surface area contributed by atoms with Crippen molar-refractivity contribution in [3.63, 3.8) is 0 Å². The number of aromatic nitrogens is 1. The van der Waals surface area contributed by atoms with E-state index in [1.165, 1.54) is 18.4 Å². The molecule has 1 aromatic heterocycles. The number of nitrogens with one attached hydrogen (secondary N) is 1. The molecule has 2 atom stereocenters. The average molecular weight is 436 g/mol. The van der Waals surface area contributed by atoms with Crippen molar-refractivity contribution in [2.45, 2.75) is 39.0 Å². The summed E-state index contributed by atoms with van der Waals surface area (Å²) in [5.41, 5.74) is 1.65. The van der Waals surface area contributed by atoms with Crippen LogP contribution in [0.25, 0.3) is 0 Å². The van der Waals surface area contributed by atoms with Crippen molar-refractivity contribution in [2.24, 2.45) is 0 Å². The van der Waals surface area contributed by atoms with E-state index in [0.29, 0.717) is 27.9 Å². The van der Waals surface area contributed by atoms with Crippen molar-refractivity contribution >= 4 is 22.4 Å². The van der Waals surface area contributed by atoms with Gasteiger partial charge in [-0.2, -0.15) is 0 Å². The predicted octanol–water partition coefficient (Wildman–Crippen LogP) is 2.96. The fourth-order valence-electron chi connectivity index (χ4n) is 3.72. The van der Waals surface area contributed by atoms with Gasteiger partial charge in [-0.15, -0.1) is 11.3 Å². The summed E-state index contributed by atoms with van der Waals surface area (Å²) in [6.07, 6.45) is 0.558. The molecule has 2 aromatic rings. The summed E-state index contributed by atoms with van der Waals surface area (Å²) in [6.45, 7) is 6.66. The van der Waals surface area contributed by atoms with E-state index in [0.717, 1.165) is 25.3 Å². The fraction of sp³-hybridized carbons (Fsp3) is 0.524. The lowest BCUT2D eigenvalue weighted by Gasteiger charge is -2.34. The second kappa shape index (κ2) is 10.1. The first kappa shape index (κ1) is 22.3. The molecule has 30 heavy (non-hydrogen) atoms. The number of carbonyl (C=O) groups excluding carboxylic acids is 1. The third-order valence-electron chi connectivity index (χ3n) is 4.82. The van der Waals surface area contributed by atoms with Gasteiger partial charge in [-0.3, -0.25) is 9.69 Å². The normalized spacial score (nSPS) is 19.4. The molecule has 1 fully saturated rings. The molecular weight excluding hydrogens is 406 g/mol. The molecule has 1 saturated heterocycles. The number of methoxy groups -OCH3 is 3. The number of anilines is 1. The first-order valence-corrected chi connectivity index (χ1v) is 10.7. The Morgan fingerprint density at radius 1 is 1.17 bits per heavy atom. The SMILES string of the molecule is COc1ccc(CC(=O)Nc2nc(CN3CC(C)OC(C)C3)cs2)c(OC)c1OC. The minimum atomic E-state index is -0.171. The van der Waals surface area contributed by atoms with Crippen molar-refractivity contribution in [3.8, 4) is 17.2 Å². The van der Waals surface area contributed by atoms with E-state index >= 15 is 0 Å². The number of morpholine rings is 1. The highest BCUT2D eigenvalue weighted by atomic mass is 32.1. The molecule has 0 aliphatic carbocycles.